The monoisotopic (exact) mass is 341 g/mol. The molecule has 2 aromatic carbocycles. The number of ether oxygens (including phenoxy) is 1. The number of rotatable bonds is 6. The van der Waals surface area contributed by atoms with E-state index < -0.39 is 29.8 Å². The summed E-state index contributed by atoms with van der Waals surface area (Å²) in [6.45, 7) is 1.20. The van der Waals surface area contributed by atoms with Gasteiger partial charge in [0.2, 0.25) is 5.91 Å². The Kier molecular flexibility index (Phi) is 6.03. The summed E-state index contributed by atoms with van der Waals surface area (Å²) in [5, 5.41) is 12.3. The molecule has 2 rings (SSSR count). The molecule has 2 atom stereocenters. The van der Waals surface area contributed by atoms with Gasteiger partial charge in [0.15, 0.2) is 11.9 Å². The second kappa shape index (κ2) is 8.21. The molecule has 0 radical (unpaired) electrons. The van der Waals surface area contributed by atoms with Crippen molar-refractivity contribution in [2.24, 2.45) is 0 Å². The maximum Gasteiger partial charge on any atom is 0.337 e. The van der Waals surface area contributed by atoms with Crippen LogP contribution in [0.25, 0.3) is 11.1 Å². The second-order valence-corrected chi connectivity index (χ2v) is 5.45. The molecule has 0 spiro atoms. The average molecular weight is 341 g/mol. The number of Topliss-reactive ketones (excluding diaryl/α,β-unsaturated/α-hetero) is 1. The number of ketones is 1. The Morgan fingerprint density at radius 2 is 1.52 bits per heavy atom. The van der Waals surface area contributed by atoms with Gasteiger partial charge in [0.05, 0.1) is 7.11 Å². The first-order valence-electron chi connectivity index (χ1n) is 7.66. The third-order valence-corrected chi connectivity index (χ3v) is 3.68. The minimum Gasteiger partial charge on any atom is -0.467 e. The standard InChI is InChI=1S/C19H19NO5/c1-12(21)20-16(18(23)19(24)25-2)17(22)15-10-8-14(9-11-15)13-6-4-3-5-7-13/h3-11,16,18,23H,1-2H3,(H,20,21). The lowest BCUT2D eigenvalue weighted by molar-refractivity contribution is -0.151. The first-order valence-corrected chi connectivity index (χ1v) is 7.66. The van der Waals surface area contributed by atoms with Gasteiger partial charge in [-0.15, -0.1) is 0 Å². The molecule has 2 aromatic rings. The van der Waals surface area contributed by atoms with Crippen LogP contribution in [-0.4, -0.2) is 42.0 Å². The molecule has 6 nitrogen and oxygen atoms in total. The smallest absolute Gasteiger partial charge is 0.337 e. The molecule has 0 bridgehead atoms. The van der Waals surface area contributed by atoms with Crippen molar-refractivity contribution in [1.29, 1.82) is 0 Å². The minimum absolute atomic E-state index is 0.265. The Morgan fingerprint density at radius 1 is 0.960 bits per heavy atom. The molecular formula is C19H19NO5. The lowest BCUT2D eigenvalue weighted by atomic mass is 9.97. The molecule has 1 amide bonds. The van der Waals surface area contributed by atoms with Crippen molar-refractivity contribution in [2.45, 2.75) is 19.1 Å². The largest absolute Gasteiger partial charge is 0.467 e. The molecule has 0 aliphatic rings. The van der Waals surface area contributed by atoms with E-state index in [0.717, 1.165) is 18.2 Å². The van der Waals surface area contributed by atoms with Gasteiger partial charge >= 0.3 is 5.97 Å². The molecule has 0 fully saturated rings. The molecule has 0 saturated heterocycles. The highest BCUT2D eigenvalue weighted by molar-refractivity contribution is 6.04. The molecule has 130 valence electrons. The first kappa shape index (κ1) is 18.4. The summed E-state index contributed by atoms with van der Waals surface area (Å²) in [5.74, 6) is -2.11. The van der Waals surface area contributed by atoms with Crippen molar-refractivity contribution in [2.75, 3.05) is 7.11 Å². The Morgan fingerprint density at radius 3 is 2.04 bits per heavy atom. The van der Waals surface area contributed by atoms with Gasteiger partial charge < -0.3 is 15.2 Å². The molecular weight excluding hydrogens is 322 g/mol. The highest BCUT2D eigenvalue weighted by atomic mass is 16.5. The van der Waals surface area contributed by atoms with Gasteiger partial charge in [-0.1, -0.05) is 54.6 Å². The number of esters is 1. The Hall–Kier alpha value is -2.99. The molecule has 0 heterocycles. The third kappa shape index (κ3) is 4.51. The van der Waals surface area contributed by atoms with E-state index in [1.807, 2.05) is 30.3 Å². The van der Waals surface area contributed by atoms with Crippen LogP contribution in [0, 0.1) is 0 Å². The summed E-state index contributed by atoms with van der Waals surface area (Å²) in [6.07, 6.45) is -1.78. The number of carbonyl (C=O) groups is 3. The van der Waals surface area contributed by atoms with E-state index in [-0.39, 0.29) is 5.56 Å². The zero-order valence-corrected chi connectivity index (χ0v) is 13.9. The number of aliphatic hydroxyl groups excluding tert-OH is 1. The normalized spacial score (nSPS) is 12.8. The van der Waals surface area contributed by atoms with E-state index in [2.05, 4.69) is 10.1 Å². The van der Waals surface area contributed by atoms with E-state index in [4.69, 9.17) is 0 Å². The van der Waals surface area contributed by atoms with Crippen LogP contribution in [0.2, 0.25) is 0 Å². The quantitative estimate of drug-likeness (QED) is 0.615. The Labute approximate surface area is 145 Å². The fraction of sp³-hybridized carbons (Fsp3) is 0.211. The predicted octanol–water partition coefficient (Wildman–Crippen LogP) is 1.57. The van der Waals surface area contributed by atoms with E-state index in [1.165, 1.54) is 6.92 Å². The molecule has 2 unspecified atom stereocenters. The zero-order valence-electron chi connectivity index (χ0n) is 13.9. The van der Waals surface area contributed by atoms with Gasteiger partial charge in [-0.05, 0) is 11.1 Å². The number of carbonyl (C=O) groups excluding carboxylic acids is 3. The van der Waals surface area contributed by atoms with Crippen LogP contribution in [0.4, 0.5) is 0 Å². The number of amides is 1. The van der Waals surface area contributed by atoms with Crippen LogP contribution in [0.5, 0.6) is 0 Å². The summed E-state index contributed by atoms with van der Waals surface area (Å²) in [7, 11) is 1.09. The van der Waals surface area contributed by atoms with E-state index >= 15 is 0 Å². The molecule has 0 aliphatic heterocycles. The van der Waals surface area contributed by atoms with E-state index in [1.54, 1.807) is 24.3 Å². The van der Waals surface area contributed by atoms with Crippen LogP contribution >= 0.6 is 0 Å². The van der Waals surface area contributed by atoms with Crippen molar-refractivity contribution in [3.8, 4) is 11.1 Å². The van der Waals surface area contributed by atoms with Crippen LogP contribution in [0.1, 0.15) is 17.3 Å². The summed E-state index contributed by atoms with van der Waals surface area (Å²) < 4.78 is 4.45. The fourth-order valence-electron chi connectivity index (χ4n) is 2.40. The maximum absolute atomic E-state index is 12.6. The maximum atomic E-state index is 12.6. The molecule has 0 saturated carbocycles. The number of benzene rings is 2. The van der Waals surface area contributed by atoms with Crippen molar-refractivity contribution in [3.05, 3.63) is 60.2 Å². The first-order chi connectivity index (χ1) is 11.9. The van der Waals surface area contributed by atoms with E-state index in [0.29, 0.717) is 0 Å². The molecule has 2 N–H and O–H groups in total. The van der Waals surface area contributed by atoms with Crippen LogP contribution in [0.15, 0.2) is 54.6 Å². The van der Waals surface area contributed by atoms with Gasteiger partial charge in [0.1, 0.15) is 6.04 Å². The van der Waals surface area contributed by atoms with Crippen LogP contribution < -0.4 is 5.32 Å². The van der Waals surface area contributed by atoms with Gasteiger partial charge in [0, 0.05) is 12.5 Å². The predicted molar refractivity (Wildman–Crippen MR) is 91.8 cm³/mol. The summed E-state index contributed by atoms with van der Waals surface area (Å²) in [5.41, 5.74) is 2.18. The molecule has 0 aliphatic carbocycles. The SMILES string of the molecule is COC(=O)C(O)C(NC(C)=O)C(=O)c1ccc(-c2ccccc2)cc1. The van der Waals surface area contributed by atoms with Crippen LogP contribution in [0.3, 0.4) is 0 Å². The minimum atomic E-state index is -1.78. The Balaban J connectivity index is 2.26. The Bertz CT molecular complexity index is 755. The third-order valence-electron chi connectivity index (χ3n) is 3.68. The highest BCUT2D eigenvalue weighted by Gasteiger charge is 2.34. The summed E-state index contributed by atoms with van der Waals surface area (Å²) in [4.78, 5) is 35.5. The fourth-order valence-corrected chi connectivity index (χ4v) is 2.40. The van der Waals surface area contributed by atoms with Crippen LogP contribution in [-0.2, 0) is 14.3 Å². The van der Waals surface area contributed by atoms with Crippen molar-refractivity contribution >= 4 is 17.7 Å². The summed E-state index contributed by atoms with van der Waals surface area (Å²) >= 11 is 0. The average Bonchev–Trinajstić information content (AvgIpc) is 2.65. The van der Waals surface area contributed by atoms with Gasteiger partial charge in [-0.2, -0.15) is 0 Å². The molecule has 6 heteroatoms. The van der Waals surface area contributed by atoms with Crippen molar-refractivity contribution < 1.29 is 24.2 Å². The van der Waals surface area contributed by atoms with Gasteiger partial charge in [0.25, 0.3) is 0 Å². The highest BCUT2D eigenvalue weighted by Crippen LogP contribution is 2.20. The topological polar surface area (TPSA) is 92.7 Å². The van der Waals surface area contributed by atoms with Gasteiger partial charge in [-0.25, -0.2) is 4.79 Å². The zero-order chi connectivity index (χ0) is 18.4. The van der Waals surface area contributed by atoms with E-state index in [9.17, 15) is 19.5 Å². The molecule has 0 aromatic heterocycles. The second-order valence-electron chi connectivity index (χ2n) is 5.45. The number of aliphatic hydroxyl groups is 1. The lowest BCUT2D eigenvalue weighted by Gasteiger charge is -2.20. The number of nitrogens with one attached hydrogen (secondary N) is 1. The van der Waals surface area contributed by atoms with Gasteiger partial charge in [-0.3, -0.25) is 9.59 Å². The number of hydrogen-bond acceptors (Lipinski definition) is 5. The molecule has 25 heavy (non-hydrogen) atoms. The number of methoxy groups -OCH3 is 1. The lowest BCUT2D eigenvalue weighted by Crippen LogP contribution is -2.51. The van der Waals surface area contributed by atoms with Crippen molar-refractivity contribution in [1.82, 2.24) is 5.32 Å². The summed E-state index contributed by atoms with van der Waals surface area (Å²) in [6, 6.07) is 14.9. The number of hydrogen-bond donors (Lipinski definition) is 2. The van der Waals surface area contributed by atoms with Crippen molar-refractivity contribution in [3.63, 3.8) is 0 Å².